The van der Waals surface area contributed by atoms with Crippen LogP contribution in [-0.4, -0.2) is 43.2 Å². The zero-order chi connectivity index (χ0) is 19.1. The maximum Gasteiger partial charge on any atom is 0.194 e. The van der Waals surface area contributed by atoms with E-state index < -0.39 is 0 Å². The van der Waals surface area contributed by atoms with Crippen molar-refractivity contribution in [2.24, 2.45) is 12.0 Å². The average molecular weight is 379 g/mol. The number of aromatic nitrogens is 1. The van der Waals surface area contributed by atoms with Crippen LogP contribution in [0.1, 0.15) is 18.2 Å². The minimum Gasteiger partial charge on any atom is -0.493 e. The van der Waals surface area contributed by atoms with Crippen LogP contribution < -0.4 is 14.8 Å². The highest BCUT2D eigenvalue weighted by Crippen LogP contribution is 2.31. The average Bonchev–Trinajstić information content (AvgIpc) is 2.94. The third-order valence-electron chi connectivity index (χ3n) is 4.05. The summed E-state index contributed by atoms with van der Waals surface area (Å²) >= 11 is 6.08. The first kappa shape index (κ1) is 20.0. The van der Waals surface area contributed by atoms with Gasteiger partial charge in [0.25, 0.3) is 0 Å². The fraction of sp³-hybridized carbons (Fsp3) is 0.421. The van der Waals surface area contributed by atoms with E-state index in [9.17, 15) is 0 Å². The van der Waals surface area contributed by atoms with Gasteiger partial charge in [0, 0.05) is 38.1 Å². The quantitative estimate of drug-likeness (QED) is 0.593. The Morgan fingerprint density at radius 1 is 1.31 bits per heavy atom. The molecule has 1 heterocycles. The van der Waals surface area contributed by atoms with Gasteiger partial charge in [-0.05, 0) is 19.1 Å². The van der Waals surface area contributed by atoms with Crippen molar-refractivity contribution >= 4 is 17.6 Å². The summed E-state index contributed by atoms with van der Waals surface area (Å²) in [6, 6.07) is 7.77. The van der Waals surface area contributed by atoms with Crippen molar-refractivity contribution in [2.75, 3.05) is 27.8 Å². The molecule has 0 amide bonds. The Labute approximate surface area is 160 Å². The van der Waals surface area contributed by atoms with E-state index in [1.165, 1.54) is 0 Å². The number of rotatable bonds is 7. The number of guanidine groups is 1. The first-order valence-electron chi connectivity index (χ1n) is 8.50. The van der Waals surface area contributed by atoms with Crippen molar-refractivity contribution in [3.8, 4) is 11.5 Å². The molecule has 0 aliphatic rings. The zero-order valence-corrected chi connectivity index (χ0v) is 16.8. The van der Waals surface area contributed by atoms with E-state index in [4.69, 9.17) is 26.1 Å². The van der Waals surface area contributed by atoms with E-state index in [0.29, 0.717) is 24.6 Å². The number of nitrogens with one attached hydrogen (secondary N) is 1. The number of aliphatic imine (C=N–C) groups is 1. The molecule has 26 heavy (non-hydrogen) atoms. The molecule has 0 spiro atoms. The van der Waals surface area contributed by atoms with Gasteiger partial charge < -0.3 is 24.3 Å². The van der Waals surface area contributed by atoms with Gasteiger partial charge in [0.1, 0.15) is 0 Å². The third kappa shape index (κ3) is 4.85. The molecule has 0 atom stereocenters. The van der Waals surface area contributed by atoms with E-state index in [2.05, 4.69) is 17.1 Å². The van der Waals surface area contributed by atoms with Crippen LogP contribution in [-0.2, 0) is 20.1 Å². The van der Waals surface area contributed by atoms with Crippen LogP contribution in [0.3, 0.4) is 0 Å². The van der Waals surface area contributed by atoms with Crippen LogP contribution in [0.15, 0.2) is 35.5 Å². The smallest absolute Gasteiger partial charge is 0.194 e. The van der Waals surface area contributed by atoms with Crippen molar-refractivity contribution in [2.45, 2.75) is 20.0 Å². The Balaban J connectivity index is 2.19. The van der Waals surface area contributed by atoms with Gasteiger partial charge in [0.2, 0.25) is 0 Å². The standard InChI is InChI=1S/C19H27ClN4O2/c1-6-21-19(24(3)13-16-10-15(20)12-23(16)2)22-11-14-8-7-9-17(25-4)18(14)26-5/h7-10,12H,6,11,13H2,1-5H3,(H,21,22). The molecule has 0 aliphatic carbocycles. The maximum atomic E-state index is 6.08. The Bertz CT molecular complexity index is 758. The van der Waals surface area contributed by atoms with E-state index >= 15 is 0 Å². The highest BCUT2D eigenvalue weighted by Gasteiger charge is 2.12. The minimum atomic E-state index is 0.487. The number of hydrogen-bond donors (Lipinski definition) is 1. The van der Waals surface area contributed by atoms with Crippen molar-refractivity contribution in [3.63, 3.8) is 0 Å². The third-order valence-corrected chi connectivity index (χ3v) is 4.26. The molecule has 7 heteroatoms. The Kier molecular flexibility index (Phi) is 7.21. The predicted molar refractivity (Wildman–Crippen MR) is 106 cm³/mol. The monoisotopic (exact) mass is 378 g/mol. The largest absolute Gasteiger partial charge is 0.493 e. The van der Waals surface area contributed by atoms with Crippen molar-refractivity contribution < 1.29 is 9.47 Å². The second-order valence-electron chi connectivity index (χ2n) is 5.94. The van der Waals surface area contributed by atoms with Gasteiger partial charge in [-0.15, -0.1) is 0 Å². The second-order valence-corrected chi connectivity index (χ2v) is 6.38. The molecule has 142 valence electrons. The molecule has 2 rings (SSSR count). The maximum absolute atomic E-state index is 6.08. The van der Waals surface area contributed by atoms with Gasteiger partial charge in [-0.25, -0.2) is 4.99 Å². The first-order chi connectivity index (χ1) is 12.5. The fourth-order valence-corrected chi connectivity index (χ4v) is 3.02. The number of para-hydroxylation sites is 1. The molecule has 2 aromatic rings. The number of methoxy groups -OCH3 is 2. The predicted octanol–water partition coefficient (Wildman–Crippen LogP) is 3.29. The second kappa shape index (κ2) is 9.38. The number of aryl methyl sites for hydroxylation is 1. The first-order valence-corrected chi connectivity index (χ1v) is 8.88. The van der Waals surface area contributed by atoms with Crippen LogP contribution in [0, 0.1) is 0 Å². The Morgan fingerprint density at radius 2 is 2.08 bits per heavy atom. The van der Waals surface area contributed by atoms with E-state index in [0.717, 1.165) is 28.8 Å². The molecule has 1 N–H and O–H groups in total. The number of halogens is 1. The lowest BCUT2D eigenvalue weighted by Crippen LogP contribution is -2.38. The van der Waals surface area contributed by atoms with Gasteiger partial charge in [0.05, 0.1) is 32.3 Å². The molecule has 0 aliphatic heterocycles. The lowest BCUT2D eigenvalue weighted by atomic mass is 10.2. The van der Waals surface area contributed by atoms with Crippen LogP contribution in [0.5, 0.6) is 11.5 Å². The van der Waals surface area contributed by atoms with E-state index in [1.54, 1.807) is 14.2 Å². The van der Waals surface area contributed by atoms with E-state index in [-0.39, 0.29) is 0 Å². The Hall–Kier alpha value is -2.34. The molecule has 1 aromatic carbocycles. The van der Waals surface area contributed by atoms with Crippen molar-refractivity contribution in [1.82, 2.24) is 14.8 Å². The van der Waals surface area contributed by atoms with Crippen LogP contribution >= 0.6 is 11.6 Å². The van der Waals surface area contributed by atoms with Crippen LogP contribution in [0.4, 0.5) is 0 Å². The van der Waals surface area contributed by atoms with Gasteiger partial charge in [-0.2, -0.15) is 0 Å². The highest BCUT2D eigenvalue weighted by atomic mass is 35.5. The molecular formula is C19H27ClN4O2. The molecule has 1 aromatic heterocycles. The van der Waals surface area contributed by atoms with Gasteiger partial charge in [0.15, 0.2) is 17.5 Å². The normalized spacial score (nSPS) is 11.4. The summed E-state index contributed by atoms with van der Waals surface area (Å²) in [4.78, 5) is 6.83. The summed E-state index contributed by atoms with van der Waals surface area (Å²) in [5.74, 6) is 2.23. The van der Waals surface area contributed by atoms with E-state index in [1.807, 2.05) is 49.1 Å². The summed E-state index contributed by atoms with van der Waals surface area (Å²) in [5.41, 5.74) is 2.08. The molecule has 0 saturated heterocycles. The number of ether oxygens (including phenoxy) is 2. The summed E-state index contributed by atoms with van der Waals surface area (Å²) in [5, 5.41) is 4.06. The molecule has 6 nitrogen and oxygen atoms in total. The summed E-state index contributed by atoms with van der Waals surface area (Å²) < 4.78 is 12.9. The Morgan fingerprint density at radius 3 is 2.65 bits per heavy atom. The molecule has 0 radical (unpaired) electrons. The zero-order valence-electron chi connectivity index (χ0n) is 16.0. The lowest BCUT2D eigenvalue weighted by Gasteiger charge is -2.22. The summed E-state index contributed by atoms with van der Waals surface area (Å²) in [7, 11) is 7.26. The minimum absolute atomic E-state index is 0.487. The van der Waals surface area contributed by atoms with Gasteiger partial charge >= 0.3 is 0 Å². The lowest BCUT2D eigenvalue weighted by molar-refractivity contribution is 0.351. The van der Waals surface area contributed by atoms with Crippen LogP contribution in [0.25, 0.3) is 0 Å². The number of nitrogens with zero attached hydrogens (tertiary/aromatic N) is 3. The topological polar surface area (TPSA) is 51.0 Å². The molecule has 0 fully saturated rings. The van der Waals surface area contributed by atoms with Crippen molar-refractivity contribution in [3.05, 3.63) is 46.7 Å². The van der Waals surface area contributed by atoms with Gasteiger partial charge in [-0.3, -0.25) is 0 Å². The molecular weight excluding hydrogens is 352 g/mol. The summed E-state index contributed by atoms with van der Waals surface area (Å²) in [6.45, 7) is 4.02. The number of hydrogen-bond acceptors (Lipinski definition) is 3. The SMILES string of the molecule is CCNC(=NCc1cccc(OC)c1OC)N(C)Cc1cc(Cl)cn1C. The summed E-state index contributed by atoms with van der Waals surface area (Å²) in [6.07, 6.45) is 1.90. The van der Waals surface area contributed by atoms with Crippen LogP contribution in [0.2, 0.25) is 5.02 Å². The molecule has 0 unspecified atom stereocenters. The fourth-order valence-electron chi connectivity index (χ4n) is 2.75. The molecule has 0 saturated carbocycles. The van der Waals surface area contributed by atoms with Gasteiger partial charge in [-0.1, -0.05) is 23.7 Å². The molecule has 0 bridgehead atoms. The highest BCUT2D eigenvalue weighted by molar-refractivity contribution is 6.30. The number of benzene rings is 1. The van der Waals surface area contributed by atoms with Crippen molar-refractivity contribution in [1.29, 1.82) is 0 Å².